The summed E-state index contributed by atoms with van der Waals surface area (Å²) in [5.74, 6) is -0.763. The lowest BCUT2D eigenvalue weighted by atomic mass is 10.2. The molecule has 3 aromatic rings. The minimum absolute atomic E-state index is 0.0735. The van der Waals surface area contributed by atoms with E-state index in [-0.39, 0.29) is 18.1 Å². The highest BCUT2D eigenvalue weighted by Crippen LogP contribution is 2.13. The molecule has 0 aliphatic heterocycles. The normalized spacial score (nSPS) is 11.1. The number of rotatable bonds is 2. The van der Waals surface area contributed by atoms with E-state index in [1.807, 2.05) is 25.1 Å². The molecule has 0 radical (unpaired) electrons. The first-order chi connectivity index (χ1) is 9.60. The highest BCUT2D eigenvalue weighted by Gasteiger charge is 2.17. The summed E-state index contributed by atoms with van der Waals surface area (Å²) in [5, 5.41) is 4.06. The average molecular weight is 272 g/mol. The number of aryl methyl sites for hydroxylation is 1. The van der Waals surface area contributed by atoms with Gasteiger partial charge in [-0.2, -0.15) is 4.98 Å². The van der Waals surface area contributed by atoms with Crippen LogP contribution in [0, 0.1) is 6.92 Å². The van der Waals surface area contributed by atoms with Crippen molar-refractivity contribution in [2.45, 2.75) is 13.8 Å². The molecule has 0 aliphatic carbocycles. The number of aromatic nitrogens is 4. The number of ether oxygens (including phenoxy) is 1. The molecule has 1 N–H and O–H groups in total. The van der Waals surface area contributed by atoms with E-state index in [0.29, 0.717) is 11.0 Å². The van der Waals surface area contributed by atoms with Gasteiger partial charge in [0.15, 0.2) is 0 Å². The molecule has 20 heavy (non-hydrogen) atoms. The lowest BCUT2D eigenvalue weighted by molar-refractivity contribution is 0.0512. The molecular formula is C13H12N4O3. The monoisotopic (exact) mass is 272 g/mol. The van der Waals surface area contributed by atoms with E-state index in [4.69, 9.17) is 4.74 Å². The number of aromatic amines is 1. The minimum atomic E-state index is -0.643. The molecule has 102 valence electrons. The third kappa shape index (κ3) is 1.83. The molecule has 2 aromatic heterocycles. The second-order valence-electron chi connectivity index (χ2n) is 4.37. The maximum atomic E-state index is 12.0. The molecule has 0 unspecified atom stereocenters. The molecule has 0 aliphatic rings. The molecule has 0 bridgehead atoms. The quantitative estimate of drug-likeness (QED) is 0.704. The topological polar surface area (TPSA) is 89.3 Å². The van der Waals surface area contributed by atoms with Crippen molar-refractivity contribution >= 4 is 22.6 Å². The lowest BCUT2D eigenvalue weighted by Crippen LogP contribution is -2.11. The van der Waals surface area contributed by atoms with Crippen molar-refractivity contribution in [3.63, 3.8) is 0 Å². The Morgan fingerprint density at radius 2 is 2.25 bits per heavy atom. The van der Waals surface area contributed by atoms with Crippen LogP contribution < -0.4 is 5.56 Å². The van der Waals surface area contributed by atoms with Crippen LogP contribution in [-0.2, 0) is 4.74 Å². The number of carbonyl (C=O) groups is 1. The largest absolute Gasteiger partial charge is 0.460 e. The fourth-order valence-electron chi connectivity index (χ4n) is 2.02. The van der Waals surface area contributed by atoms with E-state index < -0.39 is 11.5 Å². The molecule has 0 atom stereocenters. The fraction of sp³-hybridized carbons (Fsp3) is 0.231. The van der Waals surface area contributed by atoms with Gasteiger partial charge in [0.25, 0.3) is 11.4 Å². The average Bonchev–Trinajstić information content (AvgIpc) is 2.84. The summed E-state index contributed by atoms with van der Waals surface area (Å²) < 4.78 is 6.20. The molecule has 0 spiro atoms. The summed E-state index contributed by atoms with van der Waals surface area (Å²) in [6, 6.07) is 5.55. The molecule has 7 heteroatoms. The Balaban J connectivity index is 2.32. The Labute approximate surface area is 113 Å². The number of benzene rings is 1. The van der Waals surface area contributed by atoms with E-state index in [1.165, 1.54) is 4.52 Å². The number of carbonyl (C=O) groups excluding carboxylic acids is 1. The zero-order valence-electron chi connectivity index (χ0n) is 11.0. The number of esters is 1. The lowest BCUT2D eigenvalue weighted by Gasteiger charge is -2.00. The molecule has 0 saturated carbocycles. The van der Waals surface area contributed by atoms with Crippen LogP contribution in [0.2, 0.25) is 0 Å². The highest BCUT2D eigenvalue weighted by molar-refractivity contribution is 5.86. The van der Waals surface area contributed by atoms with Crippen molar-refractivity contribution in [3.8, 4) is 0 Å². The van der Waals surface area contributed by atoms with Crippen molar-refractivity contribution in [3.05, 3.63) is 39.9 Å². The van der Waals surface area contributed by atoms with Crippen LogP contribution in [-0.4, -0.2) is 32.2 Å². The molecule has 0 fully saturated rings. The van der Waals surface area contributed by atoms with Gasteiger partial charge in [-0.25, -0.2) is 9.31 Å². The summed E-state index contributed by atoms with van der Waals surface area (Å²) in [7, 11) is 0. The predicted octanol–water partition coefficient (Wildman–Crippen LogP) is 1.06. The standard InChI is InChI=1S/C13H12N4O3/c1-3-20-13(19)10-15-11-12(18)14-8-6-7(2)4-5-9(8)17(11)16-10/h4-6H,3H2,1-2H3,(H,14,18). The Morgan fingerprint density at radius 1 is 1.45 bits per heavy atom. The van der Waals surface area contributed by atoms with Gasteiger partial charge in [-0.3, -0.25) is 4.79 Å². The third-order valence-corrected chi connectivity index (χ3v) is 2.90. The van der Waals surface area contributed by atoms with Gasteiger partial charge in [-0.1, -0.05) is 6.07 Å². The molecule has 3 rings (SSSR count). The Hall–Kier alpha value is -2.70. The Morgan fingerprint density at radius 3 is 3.00 bits per heavy atom. The first-order valence-electron chi connectivity index (χ1n) is 6.16. The van der Waals surface area contributed by atoms with Crippen LogP contribution in [0.5, 0.6) is 0 Å². The molecule has 1 aromatic carbocycles. The second kappa shape index (κ2) is 4.44. The van der Waals surface area contributed by atoms with Gasteiger partial charge in [0.05, 0.1) is 17.6 Å². The van der Waals surface area contributed by atoms with Crippen molar-refractivity contribution < 1.29 is 9.53 Å². The van der Waals surface area contributed by atoms with Gasteiger partial charge < -0.3 is 9.72 Å². The van der Waals surface area contributed by atoms with E-state index >= 15 is 0 Å². The molecule has 0 amide bonds. The third-order valence-electron chi connectivity index (χ3n) is 2.90. The van der Waals surface area contributed by atoms with Gasteiger partial charge in [0.2, 0.25) is 5.65 Å². The number of nitrogens with zero attached hydrogens (tertiary/aromatic N) is 3. The summed E-state index contributed by atoms with van der Waals surface area (Å²) >= 11 is 0. The maximum Gasteiger partial charge on any atom is 0.378 e. The Kier molecular flexibility index (Phi) is 2.74. The molecule has 7 nitrogen and oxygen atoms in total. The van der Waals surface area contributed by atoms with Crippen LogP contribution in [0.25, 0.3) is 16.7 Å². The summed E-state index contributed by atoms with van der Waals surface area (Å²) in [6.07, 6.45) is 0. The van der Waals surface area contributed by atoms with E-state index in [1.54, 1.807) is 6.92 Å². The van der Waals surface area contributed by atoms with E-state index in [9.17, 15) is 9.59 Å². The van der Waals surface area contributed by atoms with Gasteiger partial charge >= 0.3 is 5.97 Å². The van der Waals surface area contributed by atoms with Crippen LogP contribution in [0.4, 0.5) is 0 Å². The number of hydrogen-bond donors (Lipinski definition) is 1. The number of fused-ring (bicyclic) bond motifs is 3. The Bertz CT molecular complexity index is 878. The van der Waals surface area contributed by atoms with Crippen LogP contribution in [0.15, 0.2) is 23.0 Å². The zero-order chi connectivity index (χ0) is 14.3. The SMILES string of the molecule is CCOC(=O)c1nc2c(=O)[nH]c3cc(C)ccc3n2n1. The van der Waals surface area contributed by atoms with E-state index in [2.05, 4.69) is 15.1 Å². The summed E-state index contributed by atoms with van der Waals surface area (Å²) in [5.41, 5.74) is 2.00. The van der Waals surface area contributed by atoms with Crippen molar-refractivity contribution in [1.82, 2.24) is 19.6 Å². The zero-order valence-corrected chi connectivity index (χ0v) is 11.0. The summed E-state index contributed by atoms with van der Waals surface area (Å²) in [6.45, 7) is 3.84. The summed E-state index contributed by atoms with van der Waals surface area (Å²) in [4.78, 5) is 30.3. The second-order valence-corrected chi connectivity index (χ2v) is 4.37. The van der Waals surface area contributed by atoms with Gasteiger partial charge in [-0.15, -0.1) is 5.10 Å². The van der Waals surface area contributed by atoms with Gasteiger partial charge in [-0.05, 0) is 31.5 Å². The predicted molar refractivity (Wildman–Crippen MR) is 71.8 cm³/mol. The smallest absolute Gasteiger partial charge is 0.378 e. The van der Waals surface area contributed by atoms with Crippen LogP contribution in [0.3, 0.4) is 0 Å². The first-order valence-corrected chi connectivity index (χ1v) is 6.16. The number of H-pyrrole nitrogens is 1. The van der Waals surface area contributed by atoms with Crippen LogP contribution in [0.1, 0.15) is 23.1 Å². The fourth-order valence-corrected chi connectivity index (χ4v) is 2.02. The minimum Gasteiger partial charge on any atom is -0.460 e. The maximum absolute atomic E-state index is 12.0. The van der Waals surface area contributed by atoms with E-state index in [0.717, 1.165) is 5.56 Å². The van der Waals surface area contributed by atoms with Gasteiger partial charge in [0.1, 0.15) is 0 Å². The van der Waals surface area contributed by atoms with Crippen molar-refractivity contribution in [2.75, 3.05) is 6.61 Å². The van der Waals surface area contributed by atoms with Crippen LogP contribution >= 0.6 is 0 Å². The van der Waals surface area contributed by atoms with Gasteiger partial charge in [0, 0.05) is 0 Å². The molecule has 2 heterocycles. The highest BCUT2D eigenvalue weighted by atomic mass is 16.5. The molecule has 0 saturated heterocycles. The van der Waals surface area contributed by atoms with Crippen molar-refractivity contribution in [2.24, 2.45) is 0 Å². The number of hydrogen-bond acceptors (Lipinski definition) is 5. The number of nitrogens with one attached hydrogen (secondary N) is 1. The molecular weight excluding hydrogens is 260 g/mol. The van der Waals surface area contributed by atoms with Crippen molar-refractivity contribution in [1.29, 1.82) is 0 Å². The first kappa shape index (κ1) is 12.3.